The molecule has 0 bridgehead atoms. The van der Waals surface area contributed by atoms with E-state index >= 15 is 0 Å². The van der Waals surface area contributed by atoms with Crippen LogP contribution < -0.4 is 5.73 Å². The molecule has 0 saturated carbocycles. The molecule has 3 rings (SSSR count). The van der Waals surface area contributed by atoms with Crippen molar-refractivity contribution in [2.24, 2.45) is 10.7 Å². The van der Waals surface area contributed by atoms with Crippen LogP contribution in [0.2, 0.25) is 0 Å². The third kappa shape index (κ3) is 5.75. The van der Waals surface area contributed by atoms with Gasteiger partial charge in [-0.25, -0.2) is 0 Å². The van der Waals surface area contributed by atoms with Gasteiger partial charge in [0.05, 0.1) is 10.3 Å². The Kier molecular flexibility index (Phi) is 7.53. The third-order valence-corrected chi connectivity index (χ3v) is 7.06. The highest BCUT2D eigenvalue weighted by atomic mass is 32.2. The standard InChI is InChI=1S/C22H26N6OS2/c1-26-13-17(12-23)16-10-15-11-18(4-5-19(15)27-14-16)30-20(24)28(2)21(25)31-22(6-7-22)8-9-29-3/h4-7,10-14,24-25H,8-9,23H2,1-3H3/b17-12+,24-20?,25-21?,26-13?. The van der Waals surface area contributed by atoms with E-state index in [1.807, 2.05) is 24.3 Å². The zero-order chi connectivity index (χ0) is 22.4. The van der Waals surface area contributed by atoms with Crippen molar-refractivity contribution in [1.82, 2.24) is 9.88 Å². The van der Waals surface area contributed by atoms with E-state index in [1.165, 1.54) is 29.7 Å². The first-order valence-electron chi connectivity index (χ1n) is 9.62. The van der Waals surface area contributed by atoms with E-state index < -0.39 is 0 Å². The number of nitrogens with one attached hydrogen (secondary N) is 2. The number of amidine groups is 2. The molecule has 162 valence electrons. The second-order valence-electron chi connectivity index (χ2n) is 6.99. The average Bonchev–Trinajstić information content (AvgIpc) is 3.54. The molecule has 1 aromatic carbocycles. The molecule has 0 unspecified atom stereocenters. The van der Waals surface area contributed by atoms with Crippen molar-refractivity contribution in [3.63, 3.8) is 0 Å². The fraction of sp³-hybridized carbons (Fsp3) is 0.273. The maximum atomic E-state index is 8.46. The van der Waals surface area contributed by atoms with E-state index in [0.717, 1.165) is 33.4 Å². The fourth-order valence-corrected chi connectivity index (χ4v) is 4.65. The average molecular weight is 455 g/mol. The van der Waals surface area contributed by atoms with Crippen LogP contribution in [0.1, 0.15) is 12.0 Å². The lowest BCUT2D eigenvalue weighted by molar-refractivity contribution is 0.194. The van der Waals surface area contributed by atoms with E-state index in [4.69, 9.17) is 21.3 Å². The van der Waals surface area contributed by atoms with Crippen LogP contribution in [0.25, 0.3) is 16.5 Å². The number of rotatable bonds is 7. The molecule has 0 spiro atoms. The van der Waals surface area contributed by atoms with Crippen molar-refractivity contribution in [2.45, 2.75) is 16.1 Å². The van der Waals surface area contributed by atoms with Gasteiger partial charge < -0.3 is 15.4 Å². The minimum Gasteiger partial charge on any atom is -0.404 e. The van der Waals surface area contributed by atoms with E-state index in [-0.39, 0.29) is 9.91 Å². The first-order chi connectivity index (χ1) is 14.9. The van der Waals surface area contributed by atoms with Crippen LogP contribution >= 0.6 is 23.5 Å². The van der Waals surface area contributed by atoms with Crippen LogP contribution in [0.5, 0.6) is 0 Å². The molecule has 31 heavy (non-hydrogen) atoms. The number of thioether (sulfide) groups is 2. The molecule has 0 atom stereocenters. The number of hydrogen-bond acceptors (Lipinski definition) is 8. The van der Waals surface area contributed by atoms with Crippen LogP contribution in [-0.2, 0) is 4.74 Å². The molecule has 4 N–H and O–H groups in total. The third-order valence-electron chi connectivity index (χ3n) is 4.78. The maximum Gasteiger partial charge on any atom is 0.167 e. The van der Waals surface area contributed by atoms with Crippen molar-refractivity contribution >= 4 is 56.5 Å². The van der Waals surface area contributed by atoms with Gasteiger partial charge in [0.2, 0.25) is 0 Å². The SMILES string of the molecule is CN=C/C(=C\N)c1cnc2ccc(SC(=N)N(C)C(=N)SC3(CCOC)C=C3)cc2c1. The predicted octanol–water partition coefficient (Wildman–Crippen LogP) is 4.21. The van der Waals surface area contributed by atoms with Gasteiger partial charge >= 0.3 is 0 Å². The quantitative estimate of drug-likeness (QED) is 0.250. The molecule has 1 aliphatic rings. The molecular weight excluding hydrogens is 428 g/mol. The van der Waals surface area contributed by atoms with Gasteiger partial charge in [-0.3, -0.25) is 20.8 Å². The number of aliphatic imine (C=N–C) groups is 1. The van der Waals surface area contributed by atoms with Gasteiger partial charge in [0.1, 0.15) is 0 Å². The normalized spacial score (nSPS) is 14.9. The smallest absolute Gasteiger partial charge is 0.167 e. The fourth-order valence-electron chi connectivity index (χ4n) is 2.84. The lowest BCUT2D eigenvalue weighted by Gasteiger charge is -2.23. The monoisotopic (exact) mass is 454 g/mol. The summed E-state index contributed by atoms with van der Waals surface area (Å²) < 4.78 is 5.01. The lowest BCUT2D eigenvalue weighted by atomic mass is 10.1. The highest BCUT2D eigenvalue weighted by Crippen LogP contribution is 2.43. The Hall–Kier alpha value is -2.62. The highest BCUT2D eigenvalue weighted by Gasteiger charge is 2.37. The van der Waals surface area contributed by atoms with Gasteiger partial charge in [0, 0.05) is 67.8 Å². The Balaban J connectivity index is 1.70. The first-order valence-corrected chi connectivity index (χ1v) is 11.3. The van der Waals surface area contributed by atoms with Crippen LogP contribution in [0.4, 0.5) is 0 Å². The molecule has 0 fully saturated rings. The van der Waals surface area contributed by atoms with Crippen molar-refractivity contribution in [3.05, 3.63) is 54.4 Å². The number of pyridine rings is 1. The van der Waals surface area contributed by atoms with Crippen LogP contribution in [-0.4, -0.2) is 59.0 Å². The van der Waals surface area contributed by atoms with Crippen molar-refractivity contribution in [2.75, 3.05) is 27.8 Å². The number of ether oxygens (including phenoxy) is 1. The predicted molar refractivity (Wildman–Crippen MR) is 133 cm³/mol. The number of hydrogen-bond donors (Lipinski definition) is 3. The number of allylic oxidation sites excluding steroid dienone is 1. The Morgan fingerprint density at radius 3 is 2.71 bits per heavy atom. The van der Waals surface area contributed by atoms with Crippen molar-refractivity contribution in [1.29, 1.82) is 10.8 Å². The largest absolute Gasteiger partial charge is 0.404 e. The molecule has 1 heterocycles. The van der Waals surface area contributed by atoms with Crippen LogP contribution in [0.3, 0.4) is 0 Å². The summed E-state index contributed by atoms with van der Waals surface area (Å²) in [5.41, 5.74) is 8.25. The van der Waals surface area contributed by atoms with Gasteiger partial charge in [0.15, 0.2) is 10.3 Å². The molecular formula is C22H26N6OS2. The number of benzene rings is 1. The van der Waals surface area contributed by atoms with Gasteiger partial charge in [-0.15, -0.1) is 0 Å². The summed E-state index contributed by atoms with van der Waals surface area (Å²) in [6, 6.07) is 7.88. The number of fused-ring (bicyclic) bond motifs is 1. The molecule has 1 aromatic heterocycles. The molecule has 1 aliphatic carbocycles. The minimum absolute atomic E-state index is 0.146. The molecule has 0 radical (unpaired) electrons. The lowest BCUT2D eigenvalue weighted by Crippen LogP contribution is -2.30. The molecule has 0 saturated heterocycles. The second-order valence-corrected chi connectivity index (χ2v) is 9.41. The first kappa shape index (κ1) is 23.1. The summed E-state index contributed by atoms with van der Waals surface area (Å²) >= 11 is 2.74. The van der Waals surface area contributed by atoms with Crippen molar-refractivity contribution < 1.29 is 4.74 Å². The van der Waals surface area contributed by atoms with Gasteiger partial charge in [0.25, 0.3) is 0 Å². The molecule has 0 aliphatic heterocycles. The van der Waals surface area contributed by atoms with Crippen molar-refractivity contribution in [3.8, 4) is 0 Å². The van der Waals surface area contributed by atoms with E-state index in [1.54, 1.807) is 38.5 Å². The molecule has 2 aromatic rings. The zero-order valence-electron chi connectivity index (χ0n) is 17.8. The molecule has 7 nitrogen and oxygen atoms in total. The summed E-state index contributed by atoms with van der Waals surface area (Å²) in [4.78, 5) is 11.0. The Bertz CT molecular complexity index is 1070. The Morgan fingerprint density at radius 1 is 1.29 bits per heavy atom. The number of methoxy groups -OCH3 is 1. The number of nitrogens with two attached hydrogens (primary N) is 1. The zero-order valence-corrected chi connectivity index (χ0v) is 19.4. The number of aromatic nitrogens is 1. The van der Waals surface area contributed by atoms with E-state index in [2.05, 4.69) is 22.1 Å². The van der Waals surface area contributed by atoms with Gasteiger partial charge in [-0.05, 0) is 30.7 Å². The van der Waals surface area contributed by atoms with E-state index in [9.17, 15) is 0 Å². The summed E-state index contributed by atoms with van der Waals surface area (Å²) in [5.74, 6) is 0. The second kappa shape index (κ2) is 10.1. The van der Waals surface area contributed by atoms with Gasteiger partial charge in [-0.2, -0.15) is 0 Å². The summed E-state index contributed by atoms with van der Waals surface area (Å²) in [6.07, 6.45) is 9.97. The van der Waals surface area contributed by atoms with Gasteiger partial charge in [-0.1, -0.05) is 35.7 Å². The Labute approximate surface area is 190 Å². The van der Waals surface area contributed by atoms with Crippen LogP contribution in [0.15, 0.2) is 58.7 Å². The maximum absolute atomic E-state index is 8.46. The topological polar surface area (TPSA) is 111 Å². The summed E-state index contributed by atoms with van der Waals surface area (Å²) in [6.45, 7) is 0.640. The molecule has 0 amide bonds. The molecule has 9 heteroatoms. The Morgan fingerprint density at radius 2 is 2.06 bits per heavy atom. The summed E-state index contributed by atoms with van der Waals surface area (Å²) in [5, 5.41) is 18.4. The summed E-state index contributed by atoms with van der Waals surface area (Å²) in [7, 11) is 5.13. The van der Waals surface area contributed by atoms with Crippen LogP contribution in [0, 0.1) is 10.8 Å². The highest BCUT2D eigenvalue weighted by molar-refractivity contribution is 8.16. The van der Waals surface area contributed by atoms with E-state index in [0.29, 0.717) is 11.8 Å². The minimum atomic E-state index is -0.146. The number of nitrogens with zero attached hydrogens (tertiary/aromatic N) is 3.